The monoisotopic (exact) mass is 410 g/mol. The van der Waals surface area contributed by atoms with Crippen LogP contribution in [0, 0.1) is 3.57 Å². The lowest BCUT2D eigenvalue weighted by atomic mass is 10.0. The van der Waals surface area contributed by atoms with E-state index in [9.17, 15) is 13.2 Å². The van der Waals surface area contributed by atoms with E-state index in [0.717, 1.165) is 26.8 Å². The van der Waals surface area contributed by atoms with Crippen LogP contribution in [-0.4, -0.2) is 0 Å². The van der Waals surface area contributed by atoms with Crippen molar-refractivity contribution < 1.29 is 13.2 Å². The molecule has 106 valence electrons. The summed E-state index contributed by atoms with van der Waals surface area (Å²) in [6, 6.07) is 12.9. The molecule has 0 saturated heterocycles. The van der Waals surface area contributed by atoms with Gasteiger partial charge in [0.2, 0.25) is 0 Å². The van der Waals surface area contributed by atoms with E-state index < -0.39 is 11.7 Å². The second-order valence-corrected chi connectivity index (χ2v) is 6.08. The first kappa shape index (κ1) is 15.6. The zero-order chi connectivity index (χ0) is 14.8. The molecular weight excluding hydrogens is 400 g/mol. The second-order valence-electron chi connectivity index (χ2n) is 4.39. The van der Waals surface area contributed by atoms with Gasteiger partial charge in [-0.05, 0) is 58.3 Å². The van der Waals surface area contributed by atoms with Gasteiger partial charge >= 0.3 is 6.18 Å². The van der Waals surface area contributed by atoms with Crippen LogP contribution < -0.4 is 0 Å². The van der Waals surface area contributed by atoms with Gasteiger partial charge in [0.15, 0.2) is 0 Å². The maximum absolute atomic E-state index is 12.5. The van der Waals surface area contributed by atoms with Gasteiger partial charge in [-0.25, -0.2) is 0 Å². The molecule has 0 radical (unpaired) electrons. The molecule has 20 heavy (non-hydrogen) atoms. The van der Waals surface area contributed by atoms with E-state index in [-0.39, 0.29) is 5.38 Å². The summed E-state index contributed by atoms with van der Waals surface area (Å²) in [4.78, 5) is 0. The number of benzene rings is 2. The standard InChI is InChI=1S/C15H11ClF3I/c16-13(12-3-1-2-4-14(12)20)9-10-5-7-11(8-6-10)15(17,18)19/h1-8,13H,9H2. The van der Waals surface area contributed by atoms with Gasteiger partial charge in [0, 0.05) is 3.57 Å². The zero-order valence-electron chi connectivity index (χ0n) is 10.3. The van der Waals surface area contributed by atoms with Crippen molar-refractivity contribution >= 4 is 34.2 Å². The van der Waals surface area contributed by atoms with Crippen molar-refractivity contribution in [1.82, 2.24) is 0 Å². The molecule has 0 spiro atoms. The number of alkyl halides is 4. The molecule has 2 rings (SSSR count). The highest BCUT2D eigenvalue weighted by atomic mass is 127. The molecule has 0 heterocycles. The van der Waals surface area contributed by atoms with Crippen LogP contribution in [-0.2, 0) is 12.6 Å². The SMILES string of the molecule is FC(F)(F)c1ccc(CC(Cl)c2ccccc2I)cc1. The van der Waals surface area contributed by atoms with Gasteiger partial charge in [-0.2, -0.15) is 13.2 Å². The Morgan fingerprint density at radius 2 is 1.60 bits per heavy atom. The van der Waals surface area contributed by atoms with Crippen molar-refractivity contribution in [1.29, 1.82) is 0 Å². The Morgan fingerprint density at radius 3 is 2.15 bits per heavy atom. The Morgan fingerprint density at radius 1 is 1.00 bits per heavy atom. The van der Waals surface area contributed by atoms with Gasteiger partial charge in [-0.3, -0.25) is 0 Å². The number of hydrogen-bond acceptors (Lipinski definition) is 0. The number of hydrogen-bond donors (Lipinski definition) is 0. The summed E-state index contributed by atoms with van der Waals surface area (Å²) in [6.07, 6.45) is -3.80. The van der Waals surface area contributed by atoms with Crippen LogP contribution in [0.5, 0.6) is 0 Å². The van der Waals surface area contributed by atoms with Gasteiger partial charge in [-0.1, -0.05) is 30.3 Å². The number of halogens is 5. The predicted molar refractivity (Wildman–Crippen MR) is 82.9 cm³/mol. The van der Waals surface area contributed by atoms with Crippen LogP contribution in [0.1, 0.15) is 22.1 Å². The fourth-order valence-electron chi connectivity index (χ4n) is 1.88. The fourth-order valence-corrected chi connectivity index (χ4v) is 3.19. The molecule has 0 saturated carbocycles. The molecule has 0 aliphatic heterocycles. The smallest absolute Gasteiger partial charge is 0.166 e. The van der Waals surface area contributed by atoms with E-state index in [1.54, 1.807) is 0 Å². The van der Waals surface area contributed by atoms with Crippen molar-refractivity contribution in [2.24, 2.45) is 0 Å². The average molecular weight is 411 g/mol. The molecule has 2 aromatic rings. The normalized spacial score (nSPS) is 13.2. The van der Waals surface area contributed by atoms with Crippen molar-refractivity contribution in [2.75, 3.05) is 0 Å². The molecule has 0 fully saturated rings. The number of rotatable bonds is 3. The molecule has 0 aliphatic rings. The largest absolute Gasteiger partial charge is 0.416 e. The molecule has 1 atom stereocenters. The molecular formula is C15H11ClF3I. The molecule has 0 N–H and O–H groups in total. The van der Waals surface area contributed by atoms with Crippen LogP contribution in [0.25, 0.3) is 0 Å². The van der Waals surface area contributed by atoms with Crippen molar-refractivity contribution in [3.05, 3.63) is 68.8 Å². The molecule has 2 aromatic carbocycles. The zero-order valence-corrected chi connectivity index (χ0v) is 13.2. The second kappa shape index (κ2) is 6.35. The van der Waals surface area contributed by atoms with E-state index in [2.05, 4.69) is 22.6 Å². The lowest BCUT2D eigenvalue weighted by Crippen LogP contribution is -2.05. The first-order valence-electron chi connectivity index (χ1n) is 5.92. The molecule has 5 heteroatoms. The lowest BCUT2D eigenvalue weighted by Gasteiger charge is -2.13. The third-order valence-corrected chi connectivity index (χ3v) is 4.31. The molecule has 0 aromatic heterocycles. The van der Waals surface area contributed by atoms with Crippen LogP contribution in [0.3, 0.4) is 0 Å². The summed E-state index contributed by atoms with van der Waals surface area (Å²) >= 11 is 8.55. The summed E-state index contributed by atoms with van der Waals surface area (Å²) in [5.41, 5.74) is 1.15. The maximum Gasteiger partial charge on any atom is 0.416 e. The Balaban J connectivity index is 2.13. The highest BCUT2D eigenvalue weighted by Crippen LogP contribution is 2.31. The van der Waals surface area contributed by atoms with E-state index >= 15 is 0 Å². The summed E-state index contributed by atoms with van der Waals surface area (Å²) in [6.45, 7) is 0. The van der Waals surface area contributed by atoms with Crippen molar-refractivity contribution in [3.8, 4) is 0 Å². The minimum atomic E-state index is -4.30. The van der Waals surface area contributed by atoms with Crippen LogP contribution in [0.2, 0.25) is 0 Å². The van der Waals surface area contributed by atoms with Gasteiger partial charge in [0.05, 0.1) is 10.9 Å². The van der Waals surface area contributed by atoms with E-state index in [1.807, 2.05) is 24.3 Å². The maximum atomic E-state index is 12.5. The lowest BCUT2D eigenvalue weighted by molar-refractivity contribution is -0.137. The van der Waals surface area contributed by atoms with Gasteiger partial charge in [-0.15, -0.1) is 11.6 Å². The van der Waals surface area contributed by atoms with Gasteiger partial charge in [0.1, 0.15) is 0 Å². The van der Waals surface area contributed by atoms with E-state index in [1.165, 1.54) is 12.1 Å². The van der Waals surface area contributed by atoms with Gasteiger partial charge in [0.25, 0.3) is 0 Å². The Bertz CT molecular complexity index is 578. The Hall–Kier alpha value is -0.750. The van der Waals surface area contributed by atoms with Gasteiger partial charge < -0.3 is 0 Å². The Labute approximate surface area is 134 Å². The first-order valence-corrected chi connectivity index (χ1v) is 7.44. The van der Waals surface area contributed by atoms with Crippen LogP contribution in [0.15, 0.2) is 48.5 Å². The minimum Gasteiger partial charge on any atom is -0.166 e. The quantitative estimate of drug-likeness (QED) is 0.441. The Kier molecular flexibility index (Phi) is 4.96. The molecule has 1 unspecified atom stereocenters. The summed E-state index contributed by atoms with van der Waals surface area (Å²) in [5.74, 6) is 0. The molecule has 0 aliphatic carbocycles. The molecule has 0 amide bonds. The molecule has 0 nitrogen and oxygen atoms in total. The van der Waals surface area contributed by atoms with E-state index in [0.29, 0.717) is 6.42 Å². The highest BCUT2D eigenvalue weighted by molar-refractivity contribution is 14.1. The average Bonchev–Trinajstić information content (AvgIpc) is 2.38. The predicted octanol–water partition coefficient (Wildman–Crippen LogP) is 5.83. The van der Waals surface area contributed by atoms with Crippen LogP contribution >= 0.6 is 34.2 Å². The highest BCUT2D eigenvalue weighted by Gasteiger charge is 2.30. The van der Waals surface area contributed by atoms with Crippen molar-refractivity contribution in [2.45, 2.75) is 18.0 Å². The van der Waals surface area contributed by atoms with E-state index in [4.69, 9.17) is 11.6 Å². The summed E-state index contributed by atoms with van der Waals surface area (Å²) < 4.78 is 38.5. The summed E-state index contributed by atoms with van der Waals surface area (Å²) in [7, 11) is 0. The molecule has 0 bridgehead atoms. The topological polar surface area (TPSA) is 0 Å². The van der Waals surface area contributed by atoms with Crippen molar-refractivity contribution in [3.63, 3.8) is 0 Å². The third kappa shape index (κ3) is 3.88. The van der Waals surface area contributed by atoms with Crippen LogP contribution in [0.4, 0.5) is 13.2 Å². The third-order valence-electron chi connectivity index (χ3n) is 2.94. The fraction of sp³-hybridized carbons (Fsp3) is 0.200. The minimum absolute atomic E-state index is 0.250. The summed E-state index contributed by atoms with van der Waals surface area (Å²) in [5, 5.41) is -0.250. The first-order chi connectivity index (χ1) is 9.38.